The average Bonchev–Trinajstić information content (AvgIpc) is 2.54. The van der Waals surface area contributed by atoms with Crippen molar-refractivity contribution in [2.45, 2.75) is 20.3 Å². The normalized spacial score (nSPS) is 10.0. The summed E-state index contributed by atoms with van der Waals surface area (Å²) in [4.78, 5) is 22.8. The quantitative estimate of drug-likeness (QED) is 0.860. The smallest absolute Gasteiger partial charge is 0.262 e. The third kappa shape index (κ3) is 5.47. The van der Waals surface area contributed by atoms with Gasteiger partial charge < -0.3 is 15.4 Å². The Labute approximate surface area is 135 Å². The predicted molar refractivity (Wildman–Crippen MR) is 90.7 cm³/mol. The Hall–Kier alpha value is -2.82. The minimum absolute atomic E-state index is 0.0549. The molecule has 0 saturated heterocycles. The Morgan fingerprint density at radius 3 is 2.26 bits per heavy atom. The number of rotatable bonds is 6. The van der Waals surface area contributed by atoms with Crippen molar-refractivity contribution in [1.82, 2.24) is 0 Å². The molecule has 5 heteroatoms. The van der Waals surface area contributed by atoms with Gasteiger partial charge in [-0.25, -0.2) is 0 Å². The van der Waals surface area contributed by atoms with E-state index < -0.39 is 0 Å². The Bertz CT molecular complexity index is 681. The maximum Gasteiger partial charge on any atom is 0.262 e. The van der Waals surface area contributed by atoms with Crippen LogP contribution in [0, 0.1) is 0 Å². The molecule has 2 N–H and O–H groups in total. The Balaban J connectivity index is 1.85. The van der Waals surface area contributed by atoms with E-state index in [1.165, 1.54) is 6.92 Å². The van der Waals surface area contributed by atoms with Crippen LogP contribution < -0.4 is 15.4 Å². The van der Waals surface area contributed by atoms with Gasteiger partial charge in [-0.2, -0.15) is 0 Å². The maximum absolute atomic E-state index is 11.9. The number of carbonyl (C=O) groups is 2. The topological polar surface area (TPSA) is 67.4 Å². The van der Waals surface area contributed by atoms with Crippen molar-refractivity contribution in [2.75, 3.05) is 17.2 Å². The number of nitrogens with one attached hydrogen (secondary N) is 2. The fourth-order valence-electron chi connectivity index (χ4n) is 2.04. The number of hydrogen-bond acceptors (Lipinski definition) is 3. The highest BCUT2D eigenvalue weighted by molar-refractivity contribution is 5.93. The second-order valence-electron chi connectivity index (χ2n) is 5.10. The number of aryl methyl sites for hydroxylation is 1. The van der Waals surface area contributed by atoms with Gasteiger partial charge in [0.15, 0.2) is 6.61 Å². The fraction of sp³-hybridized carbons (Fsp3) is 0.222. The zero-order valence-electron chi connectivity index (χ0n) is 13.3. The summed E-state index contributed by atoms with van der Waals surface area (Å²) in [6.45, 7) is 3.46. The molecule has 0 bridgehead atoms. The van der Waals surface area contributed by atoms with E-state index >= 15 is 0 Å². The Morgan fingerprint density at radius 1 is 1.00 bits per heavy atom. The van der Waals surface area contributed by atoms with Crippen molar-refractivity contribution in [2.24, 2.45) is 0 Å². The monoisotopic (exact) mass is 312 g/mol. The number of benzene rings is 2. The van der Waals surface area contributed by atoms with Gasteiger partial charge in [-0.05, 0) is 48.4 Å². The largest absolute Gasteiger partial charge is 0.484 e. The van der Waals surface area contributed by atoms with Gasteiger partial charge in [-0.3, -0.25) is 9.59 Å². The molecule has 2 aromatic rings. The van der Waals surface area contributed by atoms with E-state index in [0.717, 1.165) is 12.0 Å². The molecule has 0 atom stereocenters. The molecule has 120 valence electrons. The van der Waals surface area contributed by atoms with Crippen molar-refractivity contribution in [1.29, 1.82) is 0 Å². The molecule has 2 amide bonds. The van der Waals surface area contributed by atoms with Gasteiger partial charge in [-0.15, -0.1) is 0 Å². The first kappa shape index (κ1) is 16.5. The average molecular weight is 312 g/mol. The number of anilines is 2. The SMILES string of the molecule is CCc1cccc(OCC(=O)Nc2ccc(NC(C)=O)cc2)c1. The zero-order valence-corrected chi connectivity index (χ0v) is 13.3. The highest BCUT2D eigenvalue weighted by Gasteiger charge is 2.04. The van der Waals surface area contributed by atoms with E-state index in [0.29, 0.717) is 17.1 Å². The minimum Gasteiger partial charge on any atom is -0.484 e. The van der Waals surface area contributed by atoms with Crippen LogP contribution in [0.25, 0.3) is 0 Å². The third-order valence-corrected chi connectivity index (χ3v) is 3.17. The summed E-state index contributed by atoms with van der Waals surface area (Å²) >= 11 is 0. The van der Waals surface area contributed by atoms with Crippen LogP contribution >= 0.6 is 0 Å². The Kier molecular flexibility index (Phi) is 5.74. The summed E-state index contributed by atoms with van der Waals surface area (Å²) in [7, 11) is 0. The molecule has 23 heavy (non-hydrogen) atoms. The molecule has 2 aromatic carbocycles. The van der Waals surface area contributed by atoms with Gasteiger partial charge in [0.2, 0.25) is 5.91 Å². The molecule has 0 heterocycles. The van der Waals surface area contributed by atoms with Crippen LogP contribution in [-0.4, -0.2) is 18.4 Å². The predicted octanol–water partition coefficient (Wildman–Crippen LogP) is 3.22. The third-order valence-electron chi connectivity index (χ3n) is 3.17. The van der Waals surface area contributed by atoms with Gasteiger partial charge in [0.1, 0.15) is 5.75 Å². The Morgan fingerprint density at radius 2 is 1.65 bits per heavy atom. The second-order valence-corrected chi connectivity index (χ2v) is 5.10. The molecule has 2 rings (SSSR count). The van der Waals surface area contributed by atoms with Gasteiger partial charge >= 0.3 is 0 Å². The molecule has 5 nitrogen and oxygen atoms in total. The van der Waals surface area contributed by atoms with E-state index in [1.54, 1.807) is 24.3 Å². The van der Waals surface area contributed by atoms with E-state index in [9.17, 15) is 9.59 Å². The highest BCUT2D eigenvalue weighted by Crippen LogP contribution is 2.15. The van der Waals surface area contributed by atoms with Crippen LogP contribution in [-0.2, 0) is 16.0 Å². The minimum atomic E-state index is -0.237. The van der Waals surface area contributed by atoms with E-state index in [-0.39, 0.29) is 18.4 Å². The fourth-order valence-corrected chi connectivity index (χ4v) is 2.04. The van der Waals surface area contributed by atoms with E-state index in [1.807, 2.05) is 24.3 Å². The summed E-state index contributed by atoms with van der Waals surface area (Å²) in [5.41, 5.74) is 2.50. The summed E-state index contributed by atoms with van der Waals surface area (Å²) in [6.07, 6.45) is 0.921. The van der Waals surface area contributed by atoms with Crippen molar-refractivity contribution >= 4 is 23.2 Å². The van der Waals surface area contributed by atoms with Crippen molar-refractivity contribution in [3.05, 3.63) is 54.1 Å². The molecule has 0 aliphatic rings. The lowest BCUT2D eigenvalue weighted by Gasteiger charge is -2.09. The summed E-state index contributed by atoms with van der Waals surface area (Å²) in [5, 5.41) is 5.41. The molecule has 0 aromatic heterocycles. The number of ether oxygens (including phenoxy) is 1. The molecule has 0 aliphatic carbocycles. The van der Waals surface area contributed by atoms with Crippen molar-refractivity contribution in [3.63, 3.8) is 0 Å². The first-order valence-electron chi connectivity index (χ1n) is 7.46. The maximum atomic E-state index is 11.9. The van der Waals surface area contributed by atoms with E-state index in [2.05, 4.69) is 17.6 Å². The summed E-state index contributed by atoms with van der Waals surface area (Å²) in [6, 6.07) is 14.6. The molecular formula is C18H20N2O3. The van der Waals surface area contributed by atoms with Gasteiger partial charge in [-0.1, -0.05) is 19.1 Å². The lowest BCUT2D eigenvalue weighted by molar-refractivity contribution is -0.118. The molecular weight excluding hydrogens is 292 g/mol. The molecule has 0 spiro atoms. The highest BCUT2D eigenvalue weighted by atomic mass is 16.5. The molecule has 0 fully saturated rings. The van der Waals surface area contributed by atoms with Crippen molar-refractivity contribution in [3.8, 4) is 5.75 Å². The van der Waals surface area contributed by atoms with Crippen LogP contribution in [0.4, 0.5) is 11.4 Å². The summed E-state index contributed by atoms with van der Waals surface area (Å²) < 4.78 is 5.49. The molecule has 0 aliphatic heterocycles. The van der Waals surface area contributed by atoms with Crippen LogP contribution in [0.15, 0.2) is 48.5 Å². The zero-order chi connectivity index (χ0) is 16.7. The van der Waals surface area contributed by atoms with Crippen LogP contribution in [0.5, 0.6) is 5.75 Å². The van der Waals surface area contributed by atoms with Gasteiger partial charge in [0.25, 0.3) is 5.91 Å². The lowest BCUT2D eigenvalue weighted by Crippen LogP contribution is -2.20. The molecule has 0 saturated carbocycles. The number of hydrogen-bond donors (Lipinski definition) is 2. The number of amides is 2. The van der Waals surface area contributed by atoms with Crippen LogP contribution in [0.3, 0.4) is 0 Å². The standard InChI is InChI=1S/C18H20N2O3/c1-3-14-5-4-6-17(11-14)23-12-18(22)20-16-9-7-15(8-10-16)19-13(2)21/h4-11H,3,12H2,1-2H3,(H,19,21)(H,20,22). The first-order chi connectivity index (χ1) is 11.1. The summed E-state index contributed by atoms with van der Waals surface area (Å²) in [5.74, 6) is 0.309. The lowest BCUT2D eigenvalue weighted by atomic mass is 10.2. The second kappa shape index (κ2) is 7.98. The molecule has 0 unspecified atom stereocenters. The van der Waals surface area contributed by atoms with E-state index in [4.69, 9.17) is 4.74 Å². The van der Waals surface area contributed by atoms with Gasteiger partial charge in [0.05, 0.1) is 0 Å². The van der Waals surface area contributed by atoms with Crippen molar-refractivity contribution < 1.29 is 14.3 Å². The molecule has 0 radical (unpaired) electrons. The van der Waals surface area contributed by atoms with Gasteiger partial charge in [0, 0.05) is 18.3 Å². The first-order valence-corrected chi connectivity index (χ1v) is 7.46. The van der Waals surface area contributed by atoms with Crippen LogP contribution in [0.1, 0.15) is 19.4 Å². The van der Waals surface area contributed by atoms with Crippen LogP contribution in [0.2, 0.25) is 0 Å². The number of carbonyl (C=O) groups excluding carboxylic acids is 2.